The summed E-state index contributed by atoms with van der Waals surface area (Å²) >= 11 is 0. The van der Waals surface area contributed by atoms with Gasteiger partial charge in [0.25, 0.3) is 0 Å². The summed E-state index contributed by atoms with van der Waals surface area (Å²) in [7, 11) is 0. The van der Waals surface area contributed by atoms with Crippen LogP contribution >= 0.6 is 0 Å². The zero-order valence-corrected chi connectivity index (χ0v) is 6.07. The van der Waals surface area contributed by atoms with E-state index in [4.69, 9.17) is 4.74 Å². The van der Waals surface area contributed by atoms with E-state index >= 15 is 0 Å². The third kappa shape index (κ3) is 7.56. The van der Waals surface area contributed by atoms with Gasteiger partial charge in [-0.3, -0.25) is 0 Å². The molecule has 0 aliphatic heterocycles. The Morgan fingerprint density at radius 3 is 2.60 bits per heavy atom. The van der Waals surface area contributed by atoms with Gasteiger partial charge in [-0.1, -0.05) is 6.08 Å². The Bertz CT molecular complexity index is 96.3. The minimum atomic E-state index is -2.61. The second kappa shape index (κ2) is 4.39. The van der Waals surface area contributed by atoms with Crippen LogP contribution in [0.3, 0.4) is 0 Å². The number of hydrogen-bond donors (Lipinski definition) is 0. The number of ether oxygens (including phenoxy) is 1. The number of alkyl halides is 2. The molecule has 0 aliphatic rings. The maximum absolute atomic E-state index is 12.0. The summed E-state index contributed by atoms with van der Waals surface area (Å²) in [6.07, 6.45) is 1.31. The molecule has 0 aliphatic carbocycles. The molecule has 0 atom stereocenters. The van der Waals surface area contributed by atoms with E-state index in [9.17, 15) is 8.78 Å². The van der Waals surface area contributed by atoms with Crippen molar-refractivity contribution in [3.8, 4) is 0 Å². The van der Waals surface area contributed by atoms with E-state index < -0.39 is 5.92 Å². The molecule has 3 heteroatoms. The van der Waals surface area contributed by atoms with Crippen molar-refractivity contribution in [3.63, 3.8) is 0 Å². The molecule has 0 aromatic rings. The molecule has 0 saturated carbocycles. The highest BCUT2D eigenvalue weighted by atomic mass is 19.3. The van der Waals surface area contributed by atoms with Crippen LogP contribution in [0.2, 0.25) is 0 Å². The van der Waals surface area contributed by atoms with Gasteiger partial charge >= 0.3 is 0 Å². The molecule has 10 heavy (non-hydrogen) atoms. The lowest BCUT2D eigenvalue weighted by atomic mass is 10.3. The summed E-state index contributed by atoms with van der Waals surface area (Å²) in [6, 6.07) is 0. The summed E-state index contributed by atoms with van der Waals surface area (Å²) in [5, 5.41) is 0. The number of rotatable bonds is 5. The van der Waals surface area contributed by atoms with Gasteiger partial charge in [0.1, 0.15) is 0 Å². The summed E-state index contributed by atoms with van der Waals surface area (Å²) < 4.78 is 28.8. The minimum absolute atomic E-state index is 0.0928. The van der Waals surface area contributed by atoms with Crippen molar-refractivity contribution >= 4 is 0 Å². The van der Waals surface area contributed by atoms with Crippen LogP contribution < -0.4 is 0 Å². The minimum Gasteiger partial charge on any atom is -0.377 e. The summed E-state index contributed by atoms with van der Waals surface area (Å²) in [6.45, 7) is 4.70. The van der Waals surface area contributed by atoms with Crippen molar-refractivity contribution in [2.24, 2.45) is 0 Å². The lowest BCUT2D eigenvalue weighted by Crippen LogP contribution is -2.13. The highest BCUT2D eigenvalue weighted by molar-refractivity contribution is 4.64. The zero-order chi connectivity index (χ0) is 8.04. The fourth-order valence-electron chi connectivity index (χ4n) is 0.418. The molecule has 0 heterocycles. The predicted molar refractivity (Wildman–Crippen MR) is 36.3 cm³/mol. The Balaban J connectivity index is 3.12. The van der Waals surface area contributed by atoms with Crippen molar-refractivity contribution in [1.82, 2.24) is 0 Å². The van der Waals surface area contributed by atoms with Crippen molar-refractivity contribution in [1.29, 1.82) is 0 Å². The highest BCUT2D eigenvalue weighted by Crippen LogP contribution is 2.15. The van der Waals surface area contributed by atoms with Gasteiger partial charge < -0.3 is 4.74 Å². The number of halogens is 2. The summed E-state index contributed by atoms with van der Waals surface area (Å²) in [4.78, 5) is 0. The topological polar surface area (TPSA) is 9.23 Å². The first-order valence-electron chi connectivity index (χ1n) is 3.13. The van der Waals surface area contributed by atoms with E-state index in [0.717, 1.165) is 6.92 Å². The molecule has 0 rings (SSSR count). The van der Waals surface area contributed by atoms with Gasteiger partial charge in [0.15, 0.2) is 0 Å². The molecule has 1 nitrogen and oxygen atoms in total. The lowest BCUT2D eigenvalue weighted by molar-refractivity contribution is -0.0128. The van der Waals surface area contributed by atoms with Crippen LogP contribution in [0.1, 0.15) is 13.3 Å². The van der Waals surface area contributed by atoms with Gasteiger partial charge in [-0.25, -0.2) is 8.78 Å². The fraction of sp³-hybridized carbons (Fsp3) is 0.714. The Morgan fingerprint density at radius 1 is 1.60 bits per heavy atom. The van der Waals surface area contributed by atoms with Gasteiger partial charge in [-0.05, 0) is 6.92 Å². The van der Waals surface area contributed by atoms with Crippen LogP contribution in [0, 0.1) is 0 Å². The third-order valence-corrected chi connectivity index (χ3v) is 0.921. The summed E-state index contributed by atoms with van der Waals surface area (Å²) in [5.74, 6) is -2.61. The standard InChI is InChI=1S/C7H12F2O/c1-3-5-10-6-4-7(2,8)9/h3H,1,4-6H2,2H3. The molecular formula is C7H12F2O. The molecule has 0 aromatic carbocycles. The van der Waals surface area contributed by atoms with Crippen molar-refractivity contribution in [3.05, 3.63) is 12.7 Å². The van der Waals surface area contributed by atoms with Crippen LogP contribution in [0.5, 0.6) is 0 Å². The molecular weight excluding hydrogens is 138 g/mol. The third-order valence-electron chi connectivity index (χ3n) is 0.921. The van der Waals surface area contributed by atoms with E-state index in [1.165, 1.54) is 6.08 Å². The van der Waals surface area contributed by atoms with Crippen LogP contribution in [0.25, 0.3) is 0 Å². The van der Waals surface area contributed by atoms with E-state index in [-0.39, 0.29) is 13.0 Å². The van der Waals surface area contributed by atoms with Gasteiger partial charge in [0.2, 0.25) is 5.92 Å². The Kier molecular flexibility index (Phi) is 4.19. The maximum Gasteiger partial charge on any atom is 0.247 e. The van der Waals surface area contributed by atoms with E-state index in [1.807, 2.05) is 0 Å². The van der Waals surface area contributed by atoms with Crippen LogP contribution in [0.15, 0.2) is 12.7 Å². The van der Waals surface area contributed by atoms with Crippen LogP contribution in [0.4, 0.5) is 8.78 Å². The SMILES string of the molecule is C=CCOCCC(C)(F)F. The van der Waals surface area contributed by atoms with Gasteiger partial charge in [0.05, 0.1) is 13.2 Å². The van der Waals surface area contributed by atoms with Crippen molar-refractivity contribution < 1.29 is 13.5 Å². The second-order valence-corrected chi connectivity index (χ2v) is 2.18. The smallest absolute Gasteiger partial charge is 0.247 e. The Morgan fingerprint density at radius 2 is 2.20 bits per heavy atom. The molecule has 0 bridgehead atoms. The first-order chi connectivity index (χ1) is 4.56. The van der Waals surface area contributed by atoms with E-state index in [0.29, 0.717) is 6.61 Å². The lowest BCUT2D eigenvalue weighted by Gasteiger charge is -2.08. The average Bonchev–Trinajstić information content (AvgIpc) is 1.78. The largest absolute Gasteiger partial charge is 0.377 e. The van der Waals surface area contributed by atoms with Gasteiger partial charge in [-0.15, -0.1) is 6.58 Å². The number of hydrogen-bond acceptors (Lipinski definition) is 1. The molecule has 60 valence electrons. The predicted octanol–water partition coefficient (Wildman–Crippen LogP) is 2.23. The molecule has 0 N–H and O–H groups in total. The zero-order valence-electron chi connectivity index (χ0n) is 6.07. The second-order valence-electron chi connectivity index (χ2n) is 2.18. The highest BCUT2D eigenvalue weighted by Gasteiger charge is 2.19. The van der Waals surface area contributed by atoms with E-state index in [1.54, 1.807) is 0 Å². The molecule has 0 radical (unpaired) electrons. The van der Waals surface area contributed by atoms with Gasteiger partial charge in [-0.2, -0.15) is 0 Å². The quantitative estimate of drug-likeness (QED) is 0.431. The normalized spacial score (nSPS) is 11.5. The van der Waals surface area contributed by atoms with Crippen molar-refractivity contribution in [2.45, 2.75) is 19.3 Å². The molecule has 0 fully saturated rings. The average molecular weight is 150 g/mol. The van der Waals surface area contributed by atoms with Gasteiger partial charge in [0, 0.05) is 6.42 Å². The molecule has 0 spiro atoms. The summed E-state index contributed by atoms with van der Waals surface area (Å²) in [5.41, 5.74) is 0. The molecule has 0 unspecified atom stereocenters. The van der Waals surface area contributed by atoms with E-state index in [2.05, 4.69) is 6.58 Å². The van der Waals surface area contributed by atoms with Crippen LogP contribution in [-0.2, 0) is 4.74 Å². The van der Waals surface area contributed by atoms with Crippen molar-refractivity contribution in [2.75, 3.05) is 13.2 Å². The molecule has 0 amide bonds. The maximum atomic E-state index is 12.0. The molecule has 0 aromatic heterocycles. The Labute approximate surface area is 59.7 Å². The van der Waals surface area contributed by atoms with Crippen LogP contribution in [-0.4, -0.2) is 19.1 Å². The monoisotopic (exact) mass is 150 g/mol. The molecule has 0 saturated heterocycles. The Hall–Kier alpha value is -0.440. The first-order valence-corrected chi connectivity index (χ1v) is 3.13. The first kappa shape index (κ1) is 9.56. The fourth-order valence-corrected chi connectivity index (χ4v) is 0.418.